The van der Waals surface area contributed by atoms with Gasteiger partial charge in [-0.15, -0.1) is 0 Å². The Morgan fingerprint density at radius 3 is 2.50 bits per heavy atom. The molecule has 2 rings (SSSR count). The third-order valence-corrected chi connectivity index (χ3v) is 2.56. The third-order valence-electron chi connectivity index (χ3n) is 2.56. The van der Waals surface area contributed by atoms with Crippen LogP contribution in [0, 0.1) is 13.8 Å². The summed E-state index contributed by atoms with van der Waals surface area (Å²) >= 11 is 0. The van der Waals surface area contributed by atoms with Crippen molar-refractivity contribution >= 4 is 12.2 Å². The molecule has 0 fully saturated rings. The minimum absolute atomic E-state index is 0.0686. The number of ether oxygens (including phenoxy) is 1. The van der Waals surface area contributed by atoms with Gasteiger partial charge in [-0.1, -0.05) is 0 Å². The van der Waals surface area contributed by atoms with Gasteiger partial charge in [-0.3, -0.25) is 0 Å². The summed E-state index contributed by atoms with van der Waals surface area (Å²) in [5, 5.41) is 13.7. The number of nitrogens with one attached hydrogen (secondary N) is 1. The maximum Gasteiger partial charge on any atom is 0.243 e. The largest absolute Gasteiger partial charge is 0.504 e. The number of hydrogen-bond acceptors (Lipinski definition) is 6. The first kappa shape index (κ1) is 13.8. The summed E-state index contributed by atoms with van der Waals surface area (Å²) in [5.41, 5.74) is 5.24. The molecule has 0 aliphatic carbocycles. The van der Waals surface area contributed by atoms with Gasteiger partial charge in [0.25, 0.3) is 0 Å². The van der Waals surface area contributed by atoms with Gasteiger partial charge >= 0.3 is 0 Å². The molecule has 0 spiro atoms. The molecule has 0 radical (unpaired) electrons. The van der Waals surface area contributed by atoms with Crippen LogP contribution in [-0.2, 0) is 0 Å². The summed E-state index contributed by atoms with van der Waals surface area (Å²) in [6.07, 6.45) is 1.57. The Morgan fingerprint density at radius 1 is 1.20 bits per heavy atom. The van der Waals surface area contributed by atoms with Gasteiger partial charge in [0.15, 0.2) is 11.5 Å². The number of nitrogens with zero attached hydrogens (tertiary/aromatic N) is 3. The zero-order chi connectivity index (χ0) is 14.5. The van der Waals surface area contributed by atoms with Gasteiger partial charge in [0.05, 0.1) is 13.3 Å². The van der Waals surface area contributed by atoms with E-state index in [-0.39, 0.29) is 5.75 Å². The van der Waals surface area contributed by atoms with Crippen molar-refractivity contribution in [3.8, 4) is 11.5 Å². The van der Waals surface area contributed by atoms with Gasteiger partial charge < -0.3 is 9.84 Å². The molecule has 6 heteroatoms. The van der Waals surface area contributed by atoms with E-state index in [1.807, 2.05) is 19.9 Å². The normalized spacial score (nSPS) is 10.8. The first-order valence-corrected chi connectivity index (χ1v) is 6.07. The van der Waals surface area contributed by atoms with Crippen LogP contribution in [0.3, 0.4) is 0 Å². The zero-order valence-electron chi connectivity index (χ0n) is 11.6. The maximum absolute atomic E-state index is 9.65. The predicted octanol–water partition coefficient (Wildman–Crippen LogP) is 2.25. The highest BCUT2D eigenvalue weighted by molar-refractivity contribution is 5.81. The van der Waals surface area contributed by atoms with Crippen LogP contribution in [0.25, 0.3) is 0 Å². The van der Waals surface area contributed by atoms with Crippen LogP contribution in [0.1, 0.15) is 17.0 Å². The topological polar surface area (TPSA) is 79.6 Å². The number of benzene rings is 1. The summed E-state index contributed by atoms with van der Waals surface area (Å²) in [5.74, 6) is 0.934. The van der Waals surface area contributed by atoms with Crippen LogP contribution in [-0.4, -0.2) is 28.4 Å². The first-order valence-electron chi connectivity index (χ1n) is 6.07. The molecular weight excluding hydrogens is 256 g/mol. The van der Waals surface area contributed by atoms with Crippen molar-refractivity contribution in [2.75, 3.05) is 12.5 Å². The number of hydrogen-bond donors (Lipinski definition) is 2. The smallest absolute Gasteiger partial charge is 0.243 e. The van der Waals surface area contributed by atoms with Crippen LogP contribution in [0.4, 0.5) is 5.95 Å². The van der Waals surface area contributed by atoms with Gasteiger partial charge in [0.1, 0.15) is 0 Å². The monoisotopic (exact) mass is 272 g/mol. The van der Waals surface area contributed by atoms with Crippen LogP contribution >= 0.6 is 0 Å². The quantitative estimate of drug-likeness (QED) is 0.659. The third kappa shape index (κ3) is 3.44. The highest BCUT2D eigenvalue weighted by Gasteiger charge is 2.01. The van der Waals surface area contributed by atoms with E-state index in [4.69, 9.17) is 4.74 Å². The molecule has 1 heterocycles. The lowest BCUT2D eigenvalue weighted by Gasteiger charge is -2.03. The molecule has 104 valence electrons. The summed E-state index contributed by atoms with van der Waals surface area (Å²) in [6.45, 7) is 3.79. The van der Waals surface area contributed by atoms with Gasteiger partial charge in [0.2, 0.25) is 5.95 Å². The highest BCUT2D eigenvalue weighted by atomic mass is 16.5. The van der Waals surface area contributed by atoms with Crippen LogP contribution < -0.4 is 10.2 Å². The number of aromatic nitrogens is 2. The Labute approximate surface area is 117 Å². The fraction of sp³-hybridized carbons (Fsp3) is 0.214. The molecule has 1 aromatic heterocycles. The predicted molar refractivity (Wildman–Crippen MR) is 77.4 cm³/mol. The van der Waals surface area contributed by atoms with E-state index in [2.05, 4.69) is 20.5 Å². The lowest BCUT2D eigenvalue weighted by molar-refractivity contribution is 0.373. The maximum atomic E-state index is 9.65. The molecule has 0 saturated carbocycles. The van der Waals surface area contributed by atoms with Gasteiger partial charge in [-0.25, -0.2) is 15.4 Å². The summed E-state index contributed by atoms with van der Waals surface area (Å²) < 4.78 is 4.97. The molecule has 2 aromatic rings. The number of anilines is 1. The number of phenolic OH excluding ortho intramolecular Hbond substituents is 1. The molecule has 2 N–H and O–H groups in total. The van der Waals surface area contributed by atoms with E-state index in [0.717, 1.165) is 17.0 Å². The number of hydrazone groups is 1. The van der Waals surface area contributed by atoms with Crippen molar-refractivity contribution in [2.24, 2.45) is 5.10 Å². The lowest BCUT2D eigenvalue weighted by atomic mass is 10.2. The van der Waals surface area contributed by atoms with E-state index in [1.165, 1.54) is 7.11 Å². The number of rotatable bonds is 4. The molecule has 20 heavy (non-hydrogen) atoms. The standard InChI is InChI=1S/C14H16N4O2/c1-9-6-10(2)17-14(16-9)18-15-8-11-4-5-13(20-3)12(19)7-11/h4-8,19H,1-3H3,(H,16,17,18)/b15-8+. The fourth-order valence-electron chi connectivity index (χ4n) is 1.73. The number of aromatic hydroxyl groups is 1. The summed E-state index contributed by atoms with van der Waals surface area (Å²) in [6, 6.07) is 6.90. The van der Waals surface area contributed by atoms with Crippen molar-refractivity contribution < 1.29 is 9.84 Å². The Morgan fingerprint density at radius 2 is 1.90 bits per heavy atom. The summed E-state index contributed by atoms with van der Waals surface area (Å²) in [4.78, 5) is 8.41. The van der Waals surface area contributed by atoms with Crippen molar-refractivity contribution in [1.82, 2.24) is 9.97 Å². The first-order chi connectivity index (χ1) is 9.58. The van der Waals surface area contributed by atoms with E-state index in [1.54, 1.807) is 24.4 Å². The Kier molecular flexibility index (Phi) is 4.14. The molecule has 0 aliphatic heterocycles. The van der Waals surface area contributed by atoms with E-state index in [9.17, 15) is 5.11 Å². The molecule has 0 amide bonds. The number of aryl methyl sites for hydroxylation is 2. The summed E-state index contributed by atoms with van der Waals surface area (Å²) in [7, 11) is 1.50. The minimum atomic E-state index is 0.0686. The Bertz CT molecular complexity index is 621. The SMILES string of the molecule is COc1ccc(/C=N/Nc2nc(C)cc(C)n2)cc1O. The molecule has 0 aliphatic rings. The van der Waals surface area contributed by atoms with Crippen LogP contribution in [0.15, 0.2) is 29.4 Å². The van der Waals surface area contributed by atoms with Crippen molar-refractivity contribution in [2.45, 2.75) is 13.8 Å². The van der Waals surface area contributed by atoms with Crippen LogP contribution in [0.2, 0.25) is 0 Å². The Balaban J connectivity index is 2.08. The van der Waals surface area contributed by atoms with Gasteiger partial charge in [0, 0.05) is 11.4 Å². The molecular formula is C14H16N4O2. The van der Waals surface area contributed by atoms with Crippen molar-refractivity contribution in [1.29, 1.82) is 0 Å². The molecule has 0 saturated heterocycles. The number of phenols is 1. The van der Waals surface area contributed by atoms with E-state index < -0.39 is 0 Å². The highest BCUT2D eigenvalue weighted by Crippen LogP contribution is 2.25. The van der Waals surface area contributed by atoms with E-state index in [0.29, 0.717) is 11.7 Å². The average molecular weight is 272 g/mol. The molecule has 0 bridgehead atoms. The second-order valence-corrected chi connectivity index (χ2v) is 4.28. The van der Waals surface area contributed by atoms with E-state index >= 15 is 0 Å². The van der Waals surface area contributed by atoms with Gasteiger partial charge in [-0.05, 0) is 43.7 Å². The second-order valence-electron chi connectivity index (χ2n) is 4.28. The second kappa shape index (κ2) is 6.01. The number of methoxy groups -OCH3 is 1. The van der Waals surface area contributed by atoms with Crippen molar-refractivity contribution in [3.63, 3.8) is 0 Å². The Hall–Kier alpha value is -2.63. The van der Waals surface area contributed by atoms with Gasteiger partial charge in [-0.2, -0.15) is 5.10 Å². The fourth-order valence-corrected chi connectivity index (χ4v) is 1.73. The van der Waals surface area contributed by atoms with Crippen LogP contribution in [0.5, 0.6) is 11.5 Å². The minimum Gasteiger partial charge on any atom is -0.504 e. The average Bonchev–Trinajstić information content (AvgIpc) is 2.38. The molecule has 6 nitrogen and oxygen atoms in total. The molecule has 0 unspecified atom stereocenters. The molecule has 1 aromatic carbocycles. The lowest BCUT2D eigenvalue weighted by Crippen LogP contribution is -1.99. The zero-order valence-corrected chi connectivity index (χ0v) is 11.6. The van der Waals surface area contributed by atoms with Crippen molar-refractivity contribution in [3.05, 3.63) is 41.2 Å². The molecule has 0 atom stereocenters.